The van der Waals surface area contributed by atoms with Crippen LogP contribution in [0.15, 0.2) is 35.3 Å². The summed E-state index contributed by atoms with van der Waals surface area (Å²) in [6.45, 7) is -5.05. The zero-order valence-corrected chi connectivity index (χ0v) is 7.51. The number of hydrogen-bond donors (Lipinski definition) is 1. The van der Waals surface area contributed by atoms with Crippen LogP contribution in [0.5, 0.6) is 0 Å². The van der Waals surface area contributed by atoms with Gasteiger partial charge in [0, 0.05) is 11.6 Å². The van der Waals surface area contributed by atoms with Gasteiger partial charge in [0.15, 0.2) is 0 Å². The molecule has 0 aliphatic carbocycles. The van der Waals surface area contributed by atoms with Crippen molar-refractivity contribution in [2.45, 2.75) is 0 Å². The van der Waals surface area contributed by atoms with Crippen LogP contribution < -0.4 is 11.0 Å². The molecule has 0 saturated heterocycles. The van der Waals surface area contributed by atoms with Gasteiger partial charge in [-0.1, -0.05) is 18.2 Å². The van der Waals surface area contributed by atoms with Crippen LogP contribution in [0.4, 0.5) is 12.9 Å². The van der Waals surface area contributed by atoms with Gasteiger partial charge in [-0.05, 0) is 11.5 Å². The number of H-pyrrole nitrogens is 1. The average Bonchev–Trinajstić information content (AvgIpc) is 2.16. The zero-order valence-electron chi connectivity index (χ0n) is 7.51. The van der Waals surface area contributed by atoms with Crippen molar-refractivity contribution in [3.63, 3.8) is 0 Å². The summed E-state index contributed by atoms with van der Waals surface area (Å²) in [6.07, 6.45) is 1.41. The van der Waals surface area contributed by atoms with Crippen LogP contribution in [0.2, 0.25) is 0 Å². The fraction of sp³-hybridized carbons (Fsp3) is 0. The maximum absolute atomic E-state index is 12.4. The molecule has 0 atom stereocenters. The number of benzene rings is 1. The van der Waals surface area contributed by atoms with Crippen LogP contribution in [-0.4, -0.2) is 12.0 Å². The summed E-state index contributed by atoms with van der Waals surface area (Å²) in [5, 5.41) is 0.566. The molecule has 0 radical (unpaired) electrons. The van der Waals surface area contributed by atoms with Crippen molar-refractivity contribution in [3.8, 4) is 0 Å². The number of aromatic nitrogens is 1. The van der Waals surface area contributed by atoms with Crippen LogP contribution in [0.25, 0.3) is 10.8 Å². The first kappa shape index (κ1) is 9.83. The van der Waals surface area contributed by atoms with Crippen LogP contribution in [-0.2, 0) is 0 Å². The quantitative estimate of drug-likeness (QED) is 0.715. The monoisotopic (exact) mass is 212 g/mol. The fourth-order valence-electron chi connectivity index (χ4n) is 1.40. The highest BCUT2D eigenvalue weighted by Crippen LogP contribution is 2.13. The number of aromatic amines is 1. The highest BCUT2D eigenvalue weighted by Gasteiger charge is 2.25. The maximum atomic E-state index is 12.4. The Bertz CT molecular complexity index is 561. The molecule has 0 aliphatic heterocycles. The minimum absolute atomic E-state index is 0.0641. The fourth-order valence-corrected chi connectivity index (χ4v) is 1.40. The van der Waals surface area contributed by atoms with E-state index in [0.717, 1.165) is 12.1 Å². The van der Waals surface area contributed by atoms with Crippen molar-refractivity contribution in [1.29, 1.82) is 0 Å². The molecule has 1 N–H and O–H groups in total. The molecular formula is C9H6BF3NO-. The van der Waals surface area contributed by atoms with Gasteiger partial charge in [-0.2, -0.15) is 0 Å². The smallest absolute Gasteiger partial charge is 0.445 e. The molecular weight excluding hydrogens is 206 g/mol. The van der Waals surface area contributed by atoms with E-state index in [1.54, 1.807) is 6.07 Å². The Morgan fingerprint density at radius 1 is 1.13 bits per heavy atom. The molecule has 0 spiro atoms. The minimum Gasteiger partial charge on any atom is -0.445 e. The molecule has 1 heterocycles. The summed E-state index contributed by atoms with van der Waals surface area (Å²) in [4.78, 5) is 13.6. The molecule has 0 unspecified atom stereocenters. The maximum Gasteiger partial charge on any atom is 0.509 e. The Morgan fingerprint density at radius 3 is 2.53 bits per heavy atom. The number of fused-ring (bicyclic) bond motifs is 1. The van der Waals surface area contributed by atoms with Crippen molar-refractivity contribution in [2.24, 2.45) is 0 Å². The first-order valence-corrected chi connectivity index (χ1v) is 4.30. The minimum atomic E-state index is -5.05. The summed E-state index contributed by atoms with van der Waals surface area (Å²) < 4.78 is 37.2. The molecule has 0 fully saturated rings. The molecule has 0 saturated carbocycles. The Morgan fingerprint density at radius 2 is 1.87 bits per heavy atom. The molecule has 2 aromatic rings. The van der Waals surface area contributed by atoms with Gasteiger partial charge in [-0.15, -0.1) is 5.46 Å². The lowest BCUT2D eigenvalue weighted by atomic mass is 9.79. The number of rotatable bonds is 1. The Hall–Kier alpha value is -1.72. The van der Waals surface area contributed by atoms with Crippen molar-refractivity contribution >= 4 is 23.2 Å². The molecule has 0 bridgehead atoms. The number of pyridine rings is 1. The van der Waals surface area contributed by atoms with E-state index in [2.05, 4.69) is 4.98 Å². The lowest BCUT2D eigenvalue weighted by Crippen LogP contribution is -2.34. The average molecular weight is 212 g/mol. The first-order valence-electron chi connectivity index (χ1n) is 4.30. The third kappa shape index (κ3) is 1.75. The van der Waals surface area contributed by atoms with E-state index in [4.69, 9.17) is 0 Å². The van der Waals surface area contributed by atoms with Gasteiger partial charge in [-0.25, -0.2) is 0 Å². The summed E-state index contributed by atoms with van der Waals surface area (Å²) in [5.41, 5.74) is -1.26. The zero-order chi connectivity index (χ0) is 11.1. The van der Waals surface area contributed by atoms with Crippen LogP contribution >= 0.6 is 0 Å². The second kappa shape index (κ2) is 3.15. The Balaban J connectivity index is 2.76. The van der Waals surface area contributed by atoms with Gasteiger partial charge in [0.25, 0.3) is 5.56 Å². The van der Waals surface area contributed by atoms with Crippen molar-refractivity contribution in [1.82, 2.24) is 4.98 Å². The van der Waals surface area contributed by atoms with Gasteiger partial charge in [-0.3, -0.25) is 4.79 Å². The van der Waals surface area contributed by atoms with Gasteiger partial charge in [0.2, 0.25) is 0 Å². The van der Waals surface area contributed by atoms with Crippen molar-refractivity contribution < 1.29 is 12.9 Å². The largest absolute Gasteiger partial charge is 0.509 e. The molecule has 15 heavy (non-hydrogen) atoms. The highest BCUT2D eigenvalue weighted by atomic mass is 19.4. The van der Waals surface area contributed by atoms with E-state index in [9.17, 15) is 17.7 Å². The molecule has 2 rings (SSSR count). The SMILES string of the molecule is O=c1[nH]ccc2ccc([B-](F)(F)F)cc12. The highest BCUT2D eigenvalue weighted by molar-refractivity contribution is 6.73. The van der Waals surface area contributed by atoms with E-state index < -0.39 is 18.0 Å². The molecule has 6 heteroatoms. The van der Waals surface area contributed by atoms with Gasteiger partial charge >= 0.3 is 6.98 Å². The number of hydrogen-bond acceptors (Lipinski definition) is 1. The third-order valence-electron chi connectivity index (χ3n) is 2.18. The Kier molecular flexibility index (Phi) is 2.06. The second-order valence-electron chi connectivity index (χ2n) is 3.23. The van der Waals surface area contributed by atoms with Crippen LogP contribution in [0.1, 0.15) is 0 Å². The van der Waals surface area contributed by atoms with Gasteiger partial charge < -0.3 is 17.9 Å². The lowest BCUT2D eigenvalue weighted by molar-refractivity contribution is 0.501. The molecule has 1 aromatic heterocycles. The van der Waals surface area contributed by atoms with Crippen LogP contribution in [0, 0.1) is 0 Å². The molecule has 0 amide bonds. The predicted octanol–water partition coefficient (Wildman–Crippen LogP) is 1.58. The molecule has 2 nitrogen and oxygen atoms in total. The molecule has 78 valence electrons. The summed E-state index contributed by atoms with van der Waals surface area (Å²) in [5.74, 6) is 0. The lowest BCUT2D eigenvalue weighted by Gasteiger charge is -2.14. The summed E-state index contributed by atoms with van der Waals surface area (Å²) in [7, 11) is 0. The van der Waals surface area contributed by atoms with E-state index >= 15 is 0 Å². The number of nitrogens with one attached hydrogen (secondary N) is 1. The number of halogens is 3. The standard InChI is InChI=1S/C9H6BF3NO/c11-10(12,13)7-2-1-6-3-4-14-9(15)8(6)5-7/h1-5H,(H,14,15)/q-1. The van der Waals surface area contributed by atoms with Crippen molar-refractivity contribution in [2.75, 3.05) is 0 Å². The van der Waals surface area contributed by atoms with Crippen LogP contribution in [0.3, 0.4) is 0 Å². The third-order valence-corrected chi connectivity index (χ3v) is 2.18. The van der Waals surface area contributed by atoms with Gasteiger partial charge in [0.05, 0.1) is 0 Å². The van der Waals surface area contributed by atoms with E-state index in [0.29, 0.717) is 5.39 Å². The second-order valence-corrected chi connectivity index (χ2v) is 3.23. The Labute approximate surface area is 82.8 Å². The van der Waals surface area contributed by atoms with Crippen molar-refractivity contribution in [3.05, 3.63) is 40.8 Å². The van der Waals surface area contributed by atoms with Gasteiger partial charge in [0.1, 0.15) is 0 Å². The van der Waals surface area contributed by atoms with E-state index in [1.807, 2.05) is 0 Å². The van der Waals surface area contributed by atoms with E-state index in [1.165, 1.54) is 12.3 Å². The first-order chi connectivity index (χ1) is 6.98. The predicted molar refractivity (Wildman–Crippen MR) is 53.3 cm³/mol. The summed E-state index contributed by atoms with van der Waals surface area (Å²) >= 11 is 0. The molecule has 0 aliphatic rings. The summed E-state index contributed by atoms with van der Waals surface area (Å²) in [6, 6.07) is 4.73. The topological polar surface area (TPSA) is 32.9 Å². The van der Waals surface area contributed by atoms with E-state index in [-0.39, 0.29) is 5.39 Å². The molecule has 1 aromatic carbocycles. The normalized spacial score (nSPS) is 11.9.